The topological polar surface area (TPSA) is 128 Å². The van der Waals surface area contributed by atoms with Crippen molar-refractivity contribution in [2.75, 3.05) is 18.5 Å². The third-order valence-corrected chi connectivity index (χ3v) is 5.72. The van der Waals surface area contributed by atoms with Gasteiger partial charge in [-0.25, -0.2) is 4.79 Å². The number of nitro benzene ring substituents is 1. The zero-order valence-electron chi connectivity index (χ0n) is 19.3. The lowest BCUT2D eigenvalue weighted by Crippen LogP contribution is -2.49. The van der Waals surface area contributed by atoms with Gasteiger partial charge in [-0.2, -0.15) is 0 Å². The van der Waals surface area contributed by atoms with E-state index >= 15 is 0 Å². The quantitative estimate of drug-likeness (QED) is 0.339. The van der Waals surface area contributed by atoms with Gasteiger partial charge in [0, 0.05) is 35.9 Å². The maximum absolute atomic E-state index is 13.3. The number of aliphatic hydroxyl groups is 1. The van der Waals surface area contributed by atoms with Crippen LogP contribution in [0.15, 0.2) is 65.9 Å². The maximum Gasteiger partial charge on any atom is 0.336 e. The predicted molar refractivity (Wildman–Crippen MR) is 125 cm³/mol. The van der Waals surface area contributed by atoms with Crippen LogP contribution in [0.1, 0.15) is 38.7 Å². The number of para-hydroxylation sites is 1. The molecule has 0 saturated carbocycles. The van der Waals surface area contributed by atoms with E-state index in [0.717, 1.165) is 0 Å². The Bertz CT molecular complexity index is 1100. The van der Waals surface area contributed by atoms with Crippen molar-refractivity contribution >= 4 is 23.3 Å². The molecule has 2 aromatic rings. The number of hydrogen-bond donors (Lipinski definition) is 2. The van der Waals surface area contributed by atoms with E-state index in [1.54, 1.807) is 32.0 Å². The summed E-state index contributed by atoms with van der Waals surface area (Å²) in [5.74, 6) is -3.63. The van der Waals surface area contributed by atoms with Crippen molar-refractivity contribution in [3.8, 4) is 0 Å². The van der Waals surface area contributed by atoms with E-state index < -0.39 is 34.3 Å². The molecule has 9 heteroatoms. The number of anilines is 1. The molecule has 1 aliphatic rings. The normalized spacial score (nSPS) is 22.1. The molecular formula is C25H28N2O7. The number of rotatable bonds is 8. The van der Waals surface area contributed by atoms with E-state index in [4.69, 9.17) is 9.47 Å². The van der Waals surface area contributed by atoms with E-state index in [1.165, 1.54) is 25.1 Å². The summed E-state index contributed by atoms with van der Waals surface area (Å²) in [7, 11) is 0. The van der Waals surface area contributed by atoms with Gasteiger partial charge >= 0.3 is 11.9 Å². The second-order valence-corrected chi connectivity index (χ2v) is 8.20. The molecule has 9 nitrogen and oxygen atoms in total. The molecule has 0 unspecified atom stereocenters. The molecule has 0 amide bonds. The van der Waals surface area contributed by atoms with Crippen LogP contribution in [0.25, 0.3) is 0 Å². The third-order valence-electron chi connectivity index (χ3n) is 5.72. The van der Waals surface area contributed by atoms with Gasteiger partial charge in [0.25, 0.3) is 5.69 Å². The average Bonchev–Trinajstić information content (AvgIpc) is 2.79. The van der Waals surface area contributed by atoms with Crippen LogP contribution in [-0.2, 0) is 19.1 Å². The van der Waals surface area contributed by atoms with E-state index in [2.05, 4.69) is 5.32 Å². The molecule has 2 aromatic carbocycles. The summed E-state index contributed by atoms with van der Waals surface area (Å²) < 4.78 is 10.6. The molecular weight excluding hydrogens is 440 g/mol. The lowest BCUT2D eigenvalue weighted by molar-refractivity contribution is -0.384. The fraction of sp³-hybridized carbons (Fsp3) is 0.360. The highest BCUT2D eigenvalue weighted by atomic mass is 16.6. The number of nitro groups is 1. The van der Waals surface area contributed by atoms with Crippen molar-refractivity contribution in [1.29, 1.82) is 0 Å². The number of esters is 2. The molecule has 0 aromatic heterocycles. The van der Waals surface area contributed by atoms with E-state index in [0.29, 0.717) is 16.9 Å². The molecule has 0 heterocycles. The van der Waals surface area contributed by atoms with E-state index in [1.807, 2.05) is 18.2 Å². The van der Waals surface area contributed by atoms with Crippen molar-refractivity contribution in [3.05, 3.63) is 81.5 Å². The van der Waals surface area contributed by atoms with Crippen LogP contribution in [0.5, 0.6) is 0 Å². The van der Waals surface area contributed by atoms with E-state index in [9.17, 15) is 24.8 Å². The molecule has 2 N–H and O–H groups in total. The van der Waals surface area contributed by atoms with Gasteiger partial charge in [-0.1, -0.05) is 30.3 Å². The number of benzene rings is 2. The monoisotopic (exact) mass is 468 g/mol. The van der Waals surface area contributed by atoms with Gasteiger partial charge in [0.1, 0.15) is 0 Å². The summed E-state index contributed by atoms with van der Waals surface area (Å²) >= 11 is 0. The first kappa shape index (κ1) is 24.9. The molecule has 0 spiro atoms. The molecule has 0 fully saturated rings. The first-order chi connectivity index (χ1) is 16.2. The molecule has 0 bridgehead atoms. The number of ether oxygens (including phenoxy) is 2. The Morgan fingerprint density at radius 1 is 1.12 bits per heavy atom. The summed E-state index contributed by atoms with van der Waals surface area (Å²) in [5, 5.41) is 26.1. The second kappa shape index (κ2) is 10.5. The minimum absolute atomic E-state index is 0.0645. The molecule has 34 heavy (non-hydrogen) atoms. The highest BCUT2D eigenvalue weighted by Gasteiger charge is 2.52. The minimum Gasteiger partial charge on any atom is -0.466 e. The fourth-order valence-corrected chi connectivity index (χ4v) is 4.36. The van der Waals surface area contributed by atoms with E-state index in [-0.39, 0.29) is 30.9 Å². The Morgan fingerprint density at radius 2 is 1.79 bits per heavy atom. The lowest BCUT2D eigenvalue weighted by atomic mass is 9.65. The standard InChI is InChI=1S/C25H28N2O7/c1-4-33-23(28)21-19(26-17-11-7-6-8-12-17)15-25(3,30)22(24(29)34-5-2)20(21)16-10-9-13-18(14-16)27(31)32/h6-14,20,22,26,30H,4-5,15H2,1-3H3/t20-,22-,25-/m0/s1. The SMILES string of the molecule is CCOC(=O)C1=C(Nc2ccccc2)C[C@](C)(O)[C@H](C(=O)OCC)[C@H]1c1cccc([N+](=O)[O-])c1. The summed E-state index contributed by atoms with van der Waals surface area (Å²) in [4.78, 5) is 37.2. The predicted octanol–water partition coefficient (Wildman–Crippen LogP) is 3.94. The fourth-order valence-electron chi connectivity index (χ4n) is 4.36. The zero-order valence-corrected chi connectivity index (χ0v) is 19.3. The van der Waals surface area contributed by atoms with Gasteiger partial charge in [0.05, 0.1) is 35.2 Å². The molecule has 0 aliphatic heterocycles. The van der Waals surface area contributed by atoms with Crippen LogP contribution in [0.2, 0.25) is 0 Å². The van der Waals surface area contributed by atoms with Crippen LogP contribution in [0.3, 0.4) is 0 Å². The Morgan fingerprint density at radius 3 is 2.41 bits per heavy atom. The Hall–Kier alpha value is -3.72. The van der Waals surface area contributed by atoms with Gasteiger partial charge < -0.3 is 19.9 Å². The van der Waals surface area contributed by atoms with Crippen molar-refractivity contribution in [2.24, 2.45) is 5.92 Å². The second-order valence-electron chi connectivity index (χ2n) is 8.20. The Kier molecular flexibility index (Phi) is 7.68. The Balaban J connectivity index is 2.28. The molecule has 3 atom stereocenters. The largest absolute Gasteiger partial charge is 0.466 e. The minimum atomic E-state index is -1.63. The number of non-ortho nitro benzene ring substituents is 1. The van der Waals surface area contributed by atoms with Crippen molar-refractivity contribution < 1.29 is 29.1 Å². The zero-order chi connectivity index (χ0) is 24.9. The Labute approximate surface area is 197 Å². The highest BCUT2D eigenvalue weighted by molar-refractivity contribution is 5.94. The summed E-state index contributed by atoms with van der Waals surface area (Å²) in [6.07, 6.45) is -0.0645. The first-order valence-corrected chi connectivity index (χ1v) is 11.0. The van der Waals surface area contributed by atoms with Crippen molar-refractivity contribution in [2.45, 2.75) is 38.7 Å². The average molecular weight is 469 g/mol. The maximum atomic E-state index is 13.3. The number of nitrogens with zero attached hydrogens (tertiary/aromatic N) is 1. The molecule has 1 aliphatic carbocycles. The van der Waals surface area contributed by atoms with Crippen LogP contribution >= 0.6 is 0 Å². The number of carbonyl (C=O) groups excluding carboxylic acids is 2. The van der Waals surface area contributed by atoms with Gasteiger partial charge in [-0.05, 0) is 38.5 Å². The summed E-state index contributed by atoms with van der Waals surface area (Å²) in [6.45, 7) is 4.95. The lowest BCUT2D eigenvalue weighted by Gasteiger charge is -2.43. The van der Waals surface area contributed by atoms with Gasteiger partial charge in [0.2, 0.25) is 0 Å². The smallest absolute Gasteiger partial charge is 0.336 e. The first-order valence-electron chi connectivity index (χ1n) is 11.0. The number of carbonyl (C=O) groups is 2. The molecule has 0 radical (unpaired) electrons. The van der Waals surface area contributed by atoms with Crippen LogP contribution < -0.4 is 5.32 Å². The van der Waals surface area contributed by atoms with Gasteiger partial charge in [0.15, 0.2) is 0 Å². The highest BCUT2D eigenvalue weighted by Crippen LogP contribution is 2.48. The van der Waals surface area contributed by atoms with Crippen LogP contribution in [-0.4, -0.2) is 40.8 Å². The number of hydrogen-bond acceptors (Lipinski definition) is 8. The van der Waals surface area contributed by atoms with Gasteiger partial charge in [-0.3, -0.25) is 14.9 Å². The molecule has 3 rings (SSSR count). The van der Waals surface area contributed by atoms with Gasteiger partial charge in [-0.15, -0.1) is 0 Å². The van der Waals surface area contributed by atoms with Crippen LogP contribution in [0, 0.1) is 16.0 Å². The van der Waals surface area contributed by atoms with Crippen LogP contribution in [0.4, 0.5) is 11.4 Å². The summed E-state index contributed by atoms with van der Waals surface area (Å²) in [6, 6.07) is 14.7. The third kappa shape index (κ3) is 5.26. The van der Waals surface area contributed by atoms with Crippen molar-refractivity contribution in [1.82, 2.24) is 0 Å². The number of nitrogens with one attached hydrogen (secondary N) is 1. The molecule has 0 saturated heterocycles. The molecule has 180 valence electrons. The van der Waals surface area contributed by atoms with Crippen molar-refractivity contribution in [3.63, 3.8) is 0 Å². The summed E-state index contributed by atoms with van der Waals surface area (Å²) in [5.41, 5.74) is -0.354.